The van der Waals surface area contributed by atoms with Gasteiger partial charge in [0.2, 0.25) is 70.9 Å². The Morgan fingerprint density at radius 2 is 0.560 bits per heavy atom. The molecule has 0 spiro atoms. The molecule has 3 aromatic heterocycles. The molecule has 0 unspecified atom stereocenters. The monoisotopic (exact) mass is 1850 g/mol. The number of aliphatic hydroxyl groups excluding tert-OH is 1. The Bertz CT molecular complexity index is 5280. The predicted octanol–water partition coefficient (Wildman–Crippen LogP) is -2.52. The predicted molar refractivity (Wildman–Crippen MR) is 509 cm³/mol. The standard InChI is InChI=1S/C91H130N30O13/c1-52(122)75(87(134)116-70(37-21-43-107-91(102)103)81(128)120-74(48-57-51-110-64-31-13-10-28-60(57)64)86(133)115-68(35-19-41-105-89(98)99)79(126)117-71(44-53-22-4-2-5-23-53)83(130)111-65(76(95)123)32-14-16-38-92)121-82(129)66(33-15-17-39-93)113-85(132)73(47-56-50-109-63-30-12-9-27-59(56)63)119-80(127)69(36-20-42-106-90(100)101)114-84(131)72(45-54-24-6-3-7-25-54)118-78(125)67(34-18-40-104-88(96)97)112-77(124)61(94)46-55-49-108-62-29-11-8-26-58(55)62/h2-13,22-31,49-52,61,65-75,108-110,122H,14-21,32-48,92-94H2,1H3,(H2,95,123)(H,111,130)(H,112,124)(H,113,132)(H,114,131)(H,115,133)(H,116,134)(H,117,126)(H,118,125)(H,119,127)(H,120,128)(H,121,129)(H4,96,97,104)(H4,98,99,105)(H4,100,101,106)(H4,102,103,107)/t52-,61+,65+,66+,67+,68+,69+,70+,71+,72+,73+,74+,75+/m1/s1. The molecule has 39 N–H and O–H groups in total. The lowest BCUT2D eigenvalue weighted by molar-refractivity contribution is -0.137. The number of amides is 12. The van der Waals surface area contributed by atoms with Crippen LogP contribution in [0, 0.1) is 21.6 Å². The summed E-state index contributed by atoms with van der Waals surface area (Å²) in [4.78, 5) is 187. The third-order valence-corrected chi connectivity index (χ3v) is 22.5. The van der Waals surface area contributed by atoms with Crippen LogP contribution >= 0.6 is 0 Å². The molecule has 0 bridgehead atoms. The van der Waals surface area contributed by atoms with Gasteiger partial charge >= 0.3 is 0 Å². The number of unbranched alkanes of at least 4 members (excludes halogenated alkanes) is 2. The molecule has 0 aliphatic rings. The highest BCUT2D eigenvalue weighted by Gasteiger charge is 2.39. The van der Waals surface area contributed by atoms with E-state index in [1.807, 2.05) is 24.3 Å². The average Bonchev–Trinajstić information content (AvgIpc) is 1.68. The van der Waals surface area contributed by atoms with Gasteiger partial charge in [-0.25, -0.2) is 0 Å². The maximum absolute atomic E-state index is 15.5. The summed E-state index contributed by atoms with van der Waals surface area (Å²) in [5.74, 6) is -12.4. The molecule has 8 aromatic rings. The van der Waals surface area contributed by atoms with Crippen molar-refractivity contribution in [2.24, 2.45) is 45.9 Å². The number of rotatable bonds is 58. The van der Waals surface area contributed by atoms with Gasteiger partial charge in [-0.1, -0.05) is 115 Å². The van der Waals surface area contributed by atoms with E-state index in [2.05, 4.69) is 94.7 Å². The van der Waals surface area contributed by atoms with Gasteiger partial charge in [0.25, 0.3) is 0 Å². The first-order valence-corrected chi connectivity index (χ1v) is 44.8. The quantitative estimate of drug-likeness (QED) is 0.0106. The van der Waals surface area contributed by atoms with Crippen molar-refractivity contribution in [3.8, 4) is 0 Å². The lowest BCUT2D eigenvalue weighted by Gasteiger charge is -2.29. The van der Waals surface area contributed by atoms with E-state index in [4.69, 9.17) is 67.5 Å². The molecule has 0 aliphatic heterocycles. The van der Waals surface area contributed by atoms with E-state index >= 15 is 33.6 Å². The molecule has 0 saturated heterocycles. The number of hydrogen-bond acceptors (Lipinski definition) is 20. The zero-order valence-corrected chi connectivity index (χ0v) is 75.1. The van der Waals surface area contributed by atoms with Gasteiger partial charge in [-0.3, -0.25) is 79.2 Å². The summed E-state index contributed by atoms with van der Waals surface area (Å²) >= 11 is 0. The maximum atomic E-state index is 15.5. The van der Waals surface area contributed by atoms with Crippen molar-refractivity contribution in [3.63, 3.8) is 0 Å². The van der Waals surface area contributed by atoms with Crippen LogP contribution in [0.15, 0.2) is 152 Å². The molecule has 43 heteroatoms. The number of carbonyl (C=O) groups excluding carboxylic acids is 12. The summed E-state index contributed by atoms with van der Waals surface area (Å²) < 4.78 is 0. The Hall–Kier alpha value is -14.7. The highest BCUT2D eigenvalue weighted by molar-refractivity contribution is 6.01. The second-order valence-corrected chi connectivity index (χ2v) is 32.9. The lowest BCUT2D eigenvalue weighted by atomic mass is 10.0. The highest BCUT2D eigenvalue weighted by atomic mass is 16.3. The zero-order valence-electron chi connectivity index (χ0n) is 75.1. The fourth-order valence-corrected chi connectivity index (χ4v) is 15.3. The number of carbonyl (C=O) groups is 12. The van der Waals surface area contributed by atoms with E-state index in [9.17, 15) is 29.1 Å². The zero-order chi connectivity index (χ0) is 97.2. The van der Waals surface area contributed by atoms with Crippen LogP contribution in [0.3, 0.4) is 0 Å². The summed E-state index contributed by atoms with van der Waals surface area (Å²) in [6, 6.07) is 21.0. The number of aliphatic hydroxyl groups is 1. The summed E-state index contributed by atoms with van der Waals surface area (Å²) in [6.07, 6.45) is 3.67. The number of aromatic nitrogens is 3. The molecule has 13 atom stereocenters. The van der Waals surface area contributed by atoms with Crippen molar-refractivity contribution in [3.05, 3.63) is 180 Å². The first-order valence-electron chi connectivity index (χ1n) is 44.8. The highest BCUT2D eigenvalue weighted by Crippen LogP contribution is 2.24. The molecule has 0 saturated carbocycles. The van der Waals surface area contributed by atoms with Crippen molar-refractivity contribution in [2.45, 2.75) is 208 Å². The van der Waals surface area contributed by atoms with Crippen LogP contribution in [-0.4, -0.2) is 233 Å². The molecular weight excluding hydrogens is 1720 g/mol. The van der Waals surface area contributed by atoms with Gasteiger partial charge in [0.1, 0.15) is 66.5 Å². The molecular formula is C91H130N30O13. The molecule has 12 amide bonds. The molecule has 722 valence electrons. The van der Waals surface area contributed by atoms with Crippen molar-refractivity contribution in [1.82, 2.24) is 94.7 Å². The topological polar surface area (TPSA) is 756 Å². The van der Waals surface area contributed by atoms with Crippen LogP contribution in [0.5, 0.6) is 0 Å². The fraction of sp³-hybridized carbons (Fsp3) is 0.429. The van der Waals surface area contributed by atoms with E-state index in [0.717, 1.165) is 16.5 Å². The molecule has 0 fully saturated rings. The summed E-state index contributed by atoms with van der Waals surface area (Å²) in [5, 5.41) is 85.8. The summed E-state index contributed by atoms with van der Waals surface area (Å²) in [7, 11) is 0. The summed E-state index contributed by atoms with van der Waals surface area (Å²) in [6.45, 7) is 1.76. The Balaban J connectivity index is 1.07. The van der Waals surface area contributed by atoms with Crippen LogP contribution in [0.1, 0.15) is 125 Å². The van der Waals surface area contributed by atoms with Gasteiger partial charge in [-0.05, 0) is 162 Å². The lowest BCUT2D eigenvalue weighted by Crippen LogP contribution is -2.62. The first kappa shape index (κ1) is 105. The van der Waals surface area contributed by atoms with Crippen LogP contribution in [-0.2, 0) is 89.6 Å². The second kappa shape index (κ2) is 54.2. The van der Waals surface area contributed by atoms with E-state index in [0.29, 0.717) is 69.9 Å². The number of hydrogen-bond donors (Lipinski definition) is 31. The second-order valence-electron chi connectivity index (χ2n) is 32.9. The molecule has 5 aromatic carbocycles. The van der Waals surface area contributed by atoms with Crippen LogP contribution < -0.4 is 126 Å². The van der Waals surface area contributed by atoms with Crippen LogP contribution in [0.4, 0.5) is 0 Å². The number of aromatic amines is 3. The number of para-hydroxylation sites is 3. The number of benzene rings is 5. The Labute approximate surface area is 775 Å². The van der Waals surface area contributed by atoms with Gasteiger partial charge in [-0.15, -0.1) is 0 Å². The fourth-order valence-electron chi connectivity index (χ4n) is 15.3. The SMILES string of the molecule is C[C@@H](O)[C@H](NC(=O)[C@H](CCCCN)NC(=O)[C@H](Cc1c[nH]c2ccccc12)NC(=O)[C@H](CCCNC(=N)N)NC(=O)[C@H](Cc1ccccc1)NC(=O)[C@H](CCCNC(=N)N)NC(=O)[C@@H](N)Cc1c[nH]c2ccccc12)C(=O)N[C@@H](CCCNC(=N)N)C(=O)N[C@@H](Cc1c[nH]c2ccccc12)C(=O)N[C@@H](CCCNC(=N)N)C(=O)N[C@@H](Cc1ccccc1)C(=O)N[C@@H](CCCCN)C(N)=O. The minimum absolute atomic E-state index is 0.00515. The normalized spacial score (nSPS) is 14.1. The van der Waals surface area contributed by atoms with Gasteiger partial charge in [0.15, 0.2) is 23.8 Å². The Kier molecular flexibility index (Phi) is 42.3. The first-order chi connectivity index (χ1) is 64.3. The van der Waals surface area contributed by atoms with Gasteiger partial charge in [0.05, 0.1) is 12.1 Å². The number of H-pyrrole nitrogens is 3. The number of primary amides is 1. The third-order valence-electron chi connectivity index (χ3n) is 22.5. The average molecular weight is 1850 g/mol. The molecule has 134 heavy (non-hydrogen) atoms. The van der Waals surface area contributed by atoms with Gasteiger partial charge in [0, 0.05) is 103 Å². The maximum Gasteiger partial charge on any atom is 0.245 e. The van der Waals surface area contributed by atoms with Gasteiger partial charge < -0.3 is 146 Å². The molecule has 8 rings (SSSR count). The minimum atomic E-state index is -1.92. The third kappa shape index (κ3) is 34.2. The van der Waals surface area contributed by atoms with Crippen molar-refractivity contribution in [1.29, 1.82) is 21.6 Å². The molecule has 0 aliphatic carbocycles. The molecule has 3 heterocycles. The minimum Gasteiger partial charge on any atom is -0.391 e. The van der Waals surface area contributed by atoms with E-state index in [1.54, 1.807) is 128 Å². The van der Waals surface area contributed by atoms with E-state index < -0.39 is 161 Å². The smallest absolute Gasteiger partial charge is 0.245 e. The van der Waals surface area contributed by atoms with Crippen molar-refractivity contribution >= 4 is 127 Å². The Morgan fingerprint density at radius 1 is 0.306 bits per heavy atom. The molecule has 0 radical (unpaired) electrons. The van der Waals surface area contributed by atoms with Crippen LogP contribution in [0.2, 0.25) is 0 Å². The number of fused-ring (bicyclic) bond motifs is 3. The van der Waals surface area contributed by atoms with E-state index in [1.165, 1.54) is 6.92 Å². The van der Waals surface area contributed by atoms with Crippen LogP contribution in [0.25, 0.3) is 32.7 Å². The molecule has 43 nitrogen and oxygen atoms in total. The Morgan fingerprint density at radius 3 is 0.873 bits per heavy atom. The van der Waals surface area contributed by atoms with Gasteiger partial charge in [-0.2, -0.15) is 0 Å². The largest absolute Gasteiger partial charge is 0.391 e. The van der Waals surface area contributed by atoms with Crippen molar-refractivity contribution in [2.75, 3.05) is 39.3 Å². The number of guanidine groups is 4. The number of nitrogens with one attached hydrogen (secondary N) is 22. The van der Waals surface area contributed by atoms with Crippen molar-refractivity contribution < 1.29 is 62.6 Å². The summed E-state index contributed by atoms with van der Waals surface area (Å²) in [5.41, 5.74) is 51.6. The number of nitrogens with two attached hydrogens (primary N) is 8. The van der Waals surface area contributed by atoms with E-state index in [-0.39, 0.29) is 147 Å².